The van der Waals surface area contributed by atoms with E-state index >= 15 is 0 Å². The lowest BCUT2D eigenvalue weighted by Crippen LogP contribution is -2.46. The Morgan fingerprint density at radius 2 is 2.21 bits per heavy atom. The van der Waals surface area contributed by atoms with E-state index in [4.69, 9.17) is 10.00 Å². The summed E-state index contributed by atoms with van der Waals surface area (Å²) in [6.07, 6.45) is 3.21. The molecule has 3 aromatic heterocycles. The van der Waals surface area contributed by atoms with Crippen LogP contribution in [0.15, 0.2) is 34.0 Å². The number of hydrogen-bond acceptors (Lipinski definition) is 7. The highest BCUT2D eigenvalue weighted by Crippen LogP contribution is 2.33. The molecule has 1 aliphatic rings. The van der Waals surface area contributed by atoms with Gasteiger partial charge in [0.2, 0.25) is 5.91 Å². The van der Waals surface area contributed by atoms with E-state index in [1.807, 2.05) is 22.9 Å². The molecular weight excluding hydrogens is 408 g/mol. The number of thiophene rings is 2. The normalized spacial score (nSPS) is 14.7. The zero-order chi connectivity index (χ0) is 20.2. The maximum Gasteiger partial charge on any atom is 0.263 e. The van der Waals surface area contributed by atoms with Crippen LogP contribution in [0.2, 0.25) is 0 Å². The molecule has 0 aromatic carbocycles. The van der Waals surface area contributed by atoms with Crippen LogP contribution in [0.5, 0.6) is 0 Å². The van der Waals surface area contributed by atoms with Crippen molar-refractivity contribution in [2.45, 2.75) is 31.8 Å². The molecule has 0 spiro atoms. The van der Waals surface area contributed by atoms with E-state index in [1.165, 1.54) is 22.2 Å². The Balaban J connectivity index is 1.63. The van der Waals surface area contributed by atoms with E-state index < -0.39 is 0 Å². The Hall–Kier alpha value is -2.54. The Labute approximate surface area is 175 Å². The van der Waals surface area contributed by atoms with Crippen LogP contribution in [0.25, 0.3) is 20.7 Å². The maximum absolute atomic E-state index is 13.1. The van der Waals surface area contributed by atoms with Crippen molar-refractivity contribution in [1.29, 1.82) is 5.26 Å². The van der Waals surface area contributed by atoms with Crippen molar-refractivity contribution in [3.63, 3.8) is 0 Å². The molecule has 7 nitrogen and oxygen atoms in total. The third kappa shape index (κ3) is 4.10. The first-order chi connectivity index (χ1) is 14.2. The highest BCUT2D eigenvalue weighted by atomic mass is 32.1. The molecule has 29 heavy (non-hydrogen) atoms. The van der Waals surface area contributed by atoms with Crippen molar-refractivity contribution >= 4 is 38.8 Å². The van der Waals surface area contributed by atoms with Crippen LogP contribution in [0, 0.1) is 11.3 Å². The zero-order valence-electron chi connectivity index (χ0n) is 15.7. The van der Waals surface area contributed by atoms with Crippen molar-refractivity contribution in [3.8, 4) is 16.5 Å². The minimum absolute atomic E-state index is 0.0415. The third-order valence-electron chi connectivity index (χ3n) is 5.07. The Kier molecular flexibility index (Phi) is 6.04. The molecule has 4 heterocycles. The molecule has 1 amide bonds. The van der Waals surface area contributed by atoms with Crippen molar-refractivity contribution in [1.82, 2.24) is 14.5 Å². The fourth-order valence-corrected chi connectivity index (χ4v) is 5.33. The highest BCUT2D eigenvalue weighted by molar-refractivity contribution is 7.18. The summed E-state index contributed by atoms with van der Waals surface area (Å²) in [6, 6.07) is 6.07. The van der Waals surface area contributed by atoms with Gasteiger partial charge in [-0.25, -0.2) is 4.98 Å². The van der Waals surface area contributed by atoms with E-state index in [0.29, 0.717) is 30.0 Å². The molecule has 3 aromatic rings. The molecule has 1 saturated heterocycles. The second kappa shape index (κ2) is 8.86. The van der Waals surface area contributed by atoms with Gasteiger partial charge in [0.25, 0.3) is 5.56 Å². The first-order valence-corrected chi connectivity index (χ1v) is 11.2. The quantitative estimate of drug-likeness (QED) is 0.602. The summed E-state index contributed by atoms with van der Waals surface area (Å²) in [6.45, 7) is 1.49. The number of ether oxygens (including phenoxy) is 1. The van der Waals surface area contributed by atoms with Gasteiger partial charge in [-0.2, -0.15) is 5.26 Å². The molecular formula is C20H20N4O3S2. The Bertz CT molecular complexity index is 1090. The lowest BCUT2D eigenvalue weighted by Gasteiger charge is -2.34. The van der Waals surface area contributed by atoms with Crippen LogP contribution in [-0.4, -0.2) is 46.2 Å². The number of nitrogens with zero attached hydrogens (tertiary/aromatic N) is 4. The molecule has 0 radical (unpaired) electrons. The van der Waals surface area contributed by atoms with Crippen molar-refractivity contribution in [3.05, 3.63) is 39.6 Å². The third-order valence-corrected chi connectivity index (χ3v) is 6.86. The molecule has 4 rings (SSSR count). The molecule has 1 fully saturated rings. The Morgan fingerprint density at radius 1 is 1.38 bits per heavy atom. The Morgan fingerprint density at radius 3 is 2.93 bits per heavy atom. The number of fused-ring (bicyclic) bond motifs is 1. The largest absolute Gasteiger partial charge is 0.381 e. The molecule has 0 saturated carbocycles. The van der Waals surface area contributed by atoms with E-state index in [1.54, 1.807) is 16.2 Å². The number of amides is 1. The summed E-state index contributed by atoms with van der Waals surface area (Å²) in [5, 5.41) is 13.4. The topological polar surface area (TPSA) is 88.2 Å². The molecule has 0 bridgehead atoms. The standard InChI is InChI=1S/C20H20N4O3S2/c21-6-2-7-24(14-4-8-27-9-5-14)17(25)11-23-13-22-19-18(20(23)26)15(12-29-19)16-3-1-10-28-16/h1,3,10,12-14H,2,4-5,7-9,11H2. The maximum atomic E-state index is 13.1. The van der Waals surface area contributed by atoms with E-state index in [2.05, 4.69) is 11.1 Å². The summed E-state index contributed by atoms with van der Waals surface area (Å²) < 4.78 is 6.78. The molecule has 0 N–H and O–H groups in total. The van der Waals surface area contributed by atoms with Crippen molar-refractivity contribution < 1.29 is 9.53 Å². The van der Waals surface area contributed by atoms with Gasteiger partial charge in [0.1, 0.15) is 11.4 Å². The van der Waals surface area contributed by atoms with Crippen LogP contribution in [0.3, 0.4) is 0 Å². The first kappa shape index (κ1) is 19.8. The van der Waals surface area contributed by atoms with Crippen molar-refractivity contribution in [2.75, 3.05) is 19.8 Å². The van der Waals surface area contributed by atoms with Crippen LogP contribution in [-0.2, 0) is 16.1 Å². The van der Waals surface area contributed by atoms with Gasteiger partial charge in [-0.05, 0) is 24.3 Å². The molecule has 9 heteroatoms. The monoisotopic (exact) mass is 428 g/mol. The highest BCUT2D eigenvalue weighted by Gasteiger charge is 2.26. The minimum atomic E-state index is -0.208. The number of rotatable bonds is 6. The summed E-state index contributed by atoms with van der Waals surface area (Å²) in [5.41, 5.74) is 0.658. The van der Waals surface area contributed by atoms with Crippen LogP contribution < -0.4 is 5.56 Å². The van der Waals surface area contributed by atoms with Gasteiger partial charge in [0.05, 0.1) is 24.2 Å². The van der Waals surface area contributed by atoms with Crippen LogP contribution in [0.1, 0.15) is 19.3 Å². The van der Waals surface area contributed by atoms with E-state index in [9.17, 15) is 9.59 Å². The van der Waals surface area contributed by atoms with Crippen molar-refractivity contribution in [2.24, 2.45) is 0 Å². The number of aromatic nitrogens is 2. The minimum Gasteiger partial charge on any atom is -0.381 e. The predicted octanol–water partition coefficient (Wildman–Crippen LogP) is 3.11. The van der Waals surface area contributed by atoms with E-state index in [-0.39, 0.29) is 30.5 Å². The summed E-state index contributed by atoms with van der Waals surface area (Å²) >= 11 is 3.00. The molecule has 0 atom stereocenters. The van der Waals surface area contributed by atoms with Gasteiger partial charge in [-0.1, -0.05) is 6.07 Å². The average molecular weight is 429 g/mol. The SMILES string of the molecule is N#CCCN(C(=O)Cn1cnc2scc(-c3cccs3)c2c1=O)C1CCOCC1. The second-order valence-electron chi connectivity index (χ2n) is 6.82. The second-order valence-corrected chi connectivity index (χ2v) is 8.63. The van der Waals surface area contributed by atoms with Gasteiger partial charge in [0.15, 0.2) is 0 Å². The lowest BCUT2D eigenvalue weighted by molar-refractivity contribution is -0.136. The van der Waals surface area contributed by atoms with Gasteiger partial charge < -0.3 is 9.64 Å². The summed E-state index contributed by atoms with van der Waals surface area (Å²) in [4.78, 5) is 34.0. The fourth-order valence-electron chi connectivity index (χ4n) is 3.61. The number of nitriles is 1. The number of hydrogen-bond donors (Lipinski definition) is 0. The number of carbonyl (C=O) groups is 1. The van der Waals surface area contributed by atoms with Gasteiger partial charge in [-0.3, -0.25) is 14.2 Å². The van der Waals surface area contributed by atoms with Gasteiger partial charge in [0, 0.05) is 41.6 Å². The first-order valence-electron chi connectivity index (χ1n) is 9.43. The zero-order valence-corrected chi connectivity index (χ0v) is 17.4. The smallest absolute Gasteiger partial charge is 0.263 e. The lowest BCUT2D eigenvalue weighted by atomic mass is 10.1. The van der Waals surface area contributed by atoms with E-state index in [0.717, 1.165) is 23.3 Å². The summed E-state index contributed by atoms with van der Waals surface area (Å²) in [7, 11) is 0. The number of carbonyl (C=O) groups excluding carboxylic acids is 1. The summed E-state index contributed by atoms with van der Waals surface area (Å²) in [5.74, 6) is -0.164. The van der Waals surface area contributed by atoms with Crippen LogP contribution >= 0.6 is 22.7 Å². The molecule has 0 unspecified atom stereocenters. The predicted molar refractivity (Wildman–Crippen MR) is 113 cm³/mol. The van der Waals surface area contributed by atoms with Gasteiger partial charge in [-0.15, -0.1) is 22.7 Å². The average Bonchev–Trinajstić information content (AvgIpc) is 3.41. The molecule has 150 valence electrons. The molecule has 1 aliphatic heterocycles. The van der Waals surface area contributed by atoms with Crippen LogP contribution in [0.4, 0.5) is 0 Å². The molecule has 0 aliphatic carbocycles. The fraction of sp³-hybridized carbons (Fsp3) is 0.400. The van der Waals surface area contributed by atoms with Gasteiger partial charge >= 0.3 is 0 Å².